The Kier molecular flexibility index (Phi) is 4.04. The molecule has 1 N–H and O–H groups in total. The topological polar surface area (TPSA) is 80.6 Å². The molecule has 1 heterocycles. The summed E-state index contributed by atoms with van der Waals surface area (Å²) in [6.07, 6.45) is 3.76. The Balaban J connectivity index is 2.15. The maximum Gasteiger partial charge on any atom is 0.324 e. The lowest BCUT2D eigenvalue weighted by Crippen LogP contribution is -2.40. The van der Waals surface area contributed by atoms with Crippen molar-refractivity contribution in [3.8, 4) is 12.0 Å². The van der Waals surface area contributed by atoms with Crippen LogP contribution in [0.3, 0.4) is 0 Å². The molecule has 0 unspecified atom stereocenters. The van der Waals surface area contributed by atoms with Crippen LogP contribution in [0.1, 0.15) is 25.7 Å². The van der Waals surface area contributed by atoms with E-state index in [1.165, 1.54) is 14.2 Å². The largest absolute Gasteiger partial charge is 0.467 e. The highest BCUT2D eigenvalue weighted by atomic mass is 16.5. The molecule has 0 saturated heterocycles. The van der Waals surface area contributed by atoms with Crippen LogP contribution in [0.15, 0.2) is 0 Å². The number of aliphatic hydroxyl groups is 1. The van der Waals surface area contributed by atoms with E-state index in [0.29, 0.717) is 12.5 Å². The van der Waals surface area contributed by atoms with Gasteiger partial charge >= 0.3 is 12.0 Å². The second-order valence-electron chi connectivity index (χ2n) is 4.90. The fourth-order valence-electron chi connectivity index (χ4n) is 2.38. The summed E-state index contributed by atoms with van der Waals surface area (Å²) in [7, 11) is 4.82. The van der Waals surface area contributed by atoms with Gasteiger partial charge in [0.25, 0.3) is 0 Å². The van der Waals surface area contributed by atoms with Gasteiger partial charge in [0, 0.05) is 13.6 Å². The molecular formula is C12H20N4O3. The molecule has 0 bridgehead atoms. The van der Waals surface area contributed by atoms with Crippen LogP contribution in [-0.4, -0.2) is 53.5 Å². The fourth-order valence-corrected chi connectivity index (χ4v) is 2.38. The molecule has 0 aromatic carbocycles. The molecule has 1 saturated carbocycles. The normalized spacial score (nSPS) is 17.3. The predicted molar refractivity (Wildman–Crippen MR) is 69.6 cm³/mol. The summed E-state index contributed by atoms with van der Waals surface area (Å²) in [4.78, 5) is 14.1. The number of likely N-dealkylation sites (N-methyl/N-ethyl adjacent to an activating group) is 1. The minimum Gasteiger partial charge on any atom is -0.467 e. The van der Waals surface area contributed by atoms with Crippen LogP contribution in [0.25, 0.3) is 0 Å². The third-order valence-corrected chi connectivity index (χ3v) is 3.35. The first-order valence-electron chi connectivity index (χ1n) is 6.34. The van der Waals surface area contributed by atoms with E-state index in [1.54, 1.807) is 4.90 Å². The molecule has 0 radical (unpaired) electrons. The number of ether oxygens (including phenoxy) is 2. The van der Waals surface area contributed by atoms with Gasteiger partial charge in [0.1, 0.15) is 0 Å². The molecule has 106 valence electrons. The molecule has 1 aliphatic carbocycles. The SMILES string of the molecule is COc1nc(OC)nc(N(C)CC2(O)CCCC2)n1. The molecule has 0 spiro atoms. The number of anilines is 1. The molecule has 1 aromatic heterocycles. The first-order chi connectivity index (χ1) is 9.06. The van der Waals surface area contributed by atoms with Crippen molar-refractivity contribution in [2.45, 2.75) is 31.3 Å². The quantitative estimate of drug-likeness (QED) is 0.838. The second kappa shape index (κ2) is 5.56. The van der Waals surface area contributed by atoms with Crippen molar-refractivity contribution in [2.75, 3.05) is 32.7 Å². The van der Waals surface area contributed by atoms with E-state index < -0.39 is 5.60 Å². The Morgan fingerprint density at radius 3 is 2.11 bits per heavy atom. The van der Waals surface area contributed by atoms with Gasteiger partial charge in [-0.25, -0.2) is 0 Å². The van der Waals surface area contributed by atoms with Crippen LogP contribution in [0.5, 0.6) is 12.0 Å². The molecule has 1 aliphatic rings. The van der Waals surface area contributed by atoms with Crippen molar-refractivity contribution in [1.82, 2.24) is 15.0 Å². The Labute approximate surface area is 112 Å². The highest BCUT2D eigenvalue weighted by molar-refractivity contribution is 5.31. The van der Waals surface area contributed by atoms with Crippen LogP contribution in [0, 0.1) is 0 Å². The first-order valence-corrected chi connectivity index (χ1v) is 6.34. The summed E-state index contributed by atoms with van der Waals surface area (Å²) in [5.74, 6) is 0.434. The Hall–Kier alpha value is -1.63. The third kappa shape index (κ3) is 3.23. The Morgan fingerprint density at radius 1 is 1.11 bits per heavy atom. The second-order valence-corrected chi connectivity index (χ2v) is 4.90. The van der Waals surface area contributed by atoms with Crippen molar-refractivity contribution >= 4 is 5.95 Å². The molecular weight excluding hydrogens is 248 g/mol. The van der Waals surface area contributed by atoms with Gasteiger partial charge in [-0.2, -0.15) is 9.97 Å². The van der Waals surface area contributed by atoms with Gasteiger partial charge in [-0.1, -0.05) is 12.8 Å². The highest BCUT2D eigenvalue weighted by Gasteiger charge is 2.33. The molecule has 7 heteroatoms. The average Bonchev–Trinajstić information content (AvgIpc) is 2.84. The number of aromatic nitrogens is 3. The molecule has 1 fully saturated rings. The van der Waals surface area contributed by atoms with Crippen molar-refractivity contribution in [1.29, 1.82) is 0 Å². The lowest BCUT2D eigenvalue weighted by Gasteiger charge is -2.28. The van der Waals surface area contributed by atoms with Crippen LogP contribution in [0.2, 0.25) is 0 Å². The average molecular weight is 268 g/mol. The van der Waals surface area contributed by atoms with Crippen molar-refractivity contribution < 1.29 is 14.6 Å². The molecule has 2 rings (SSSR count). The third-order valence-electron chi connectivity index (χ3n) is 3.35. The first kappa shape index (κ1) is 13.8. The minimum atomic E-state index is -0.651. The van der Waals surface area contributed by atoms with Crippen molar-refractivity contribution in [2.24, 2.45) is 0 Å². The lowest BCUT2D eigenvalue weighted by molar-refractivity contribution is 0.0555. The van der Waals surface area contributed by atoms with E-state index in [-0.39, 0.29) is 12.0 Å². The van der Waals surface area contributed by atoms with E-state index in [1.807, 2.05) is 7.05 Å². The number of nitrogens with zero attached hydrogens (tertiary/aromatic N) is 4. The summed E-state index contributed by atoms with van der Waals surface area (Å²) in [5, 5.41) is 10.4. The number of rotatable bonds is 5. The Bertz CT molecular complexity index is 413. The highest BCUT2D eigenvalue weighted by Crippen LogP contribution is 2.30. The zero-order valence-corrected chi connectivity index (χ0v) is 11.6. The maximum absolute atomic E-state index is 10.4. The van der Waals surface area contributed by atoms with E-state index >= 15 is 0 Å². The number of methoxy groups -OCH3 is 2. The zero-order chi connectivity index (χ0) is 13.9. The molecule has 19 heavy (non-hydrogen) atoms. The van der Waals surface area contributed by atoms with E-state index in [0.717, 1.165) is 25.7 Å². The molecule has 0 atom stereocenters. The monoisotopic (exact) mass is 268 g/mol. The van der Waals surface area contributed by atoms with E-state index in [9.17, 15) is 5.11 Å². The summed E-state index contributed by atoms with van der Waals surface area (Å²) >= 11 is 0. The van der Waals surface area contributed by atoms with Crippen LogP contribution in [0.4, 0.5) is 5.95 Å². The van der Waals surface area contributed by atoms with Crippen LogP contribution in [-0.2, 0) is 0 Å². The maximum atomic E-state index is 10.4. The molecule has 0 aliphatic heterocycles. The van der Waals surface area contributed by atoms with Gasteiger partial charge < -0.3 is 19.5 Å². The van der Waals surface area contributed by atoms with Crippen LogP contribution < -0.4 is 14.4 Å². The minimum absolute atomic E-state index is 0.201. The summed E-state index contributed by atoms with van der Waals surface area (Å²) in [5.41, 5.74) is -0.651. The fraction of sp³-hybridized carbons (Fsp3) is 0.750. The van der Waals surface area contributed by atoms with Gasteiger partial charge in [-0.05, 0) is 12.8 Å². The van der Waals surface area contributed by atoms with Crippen molar-refractivity contribution in [3.05, 3.63) is 0 Å². The smallest absolute Gasteiger partial charge is 0.324 e. The Morgan fingerprint density at radius 2 is 1.63 bits per heavy atom. The predicted octanol–water partition coefficient (Wildman–Crippen LogP) is 0.630. The molecule has 1 aromatic rings. The number of hydrogen-bond acceptors (Lipinski definition) is 7. The van der Waals surface area contributed by atoms with E-state index in [2.05, 4.69) is 15.0 Å². The van der Waals surface area contributed by atoms with Gasteiger partial charge in [0.05, 0.1) is 19.8 Å². The summed E-state index contributed by atoms with van der Waals surface area (Å²) in [6, 6.07) is 0.402. The number of hydrogen-bond donors (Lipinski definition) is 1. The van der Waals surface area contributed by atoms with Gasteiger partial charge in [0.15, 0.2) is 0 Å². The van der Waals surface area contributed by atoms with Crippen molar-refractivity contribution in [3.63, 3.8) is 0 Å². The van der Waals surface area contributed by atoms with Gasteiger partial charge in [-0.15, -0.1) is 4.98 Å². The van der Waals surface area contributed by atoms with Gasteiger partial charge in [0.2, 0.25) is 5.95 Å². The van der Waals surface area contributed by atoms with E-state index in [4.69, 9.17) is 9.47 Å². The molecule has 0 amide bonds. The standard InChI is InChI=1S/C12H20N4O3/c1-16(8-12(17)6-4-5-7-12)9-13-10(18-2)15-11(14-9)19-3/h17H,4-8H2,1-3H3. The summed E-state index contributed by atoms with van der Waals surface area (Å²) < 4.78 is 10.0. The summed E-state index contributed by atoms with van der Waals surface area (Å²) in [6.45, 7) is 0.489. The van der Waals surface area contributed by atoms with Gasteiger partial charge in [-0.3, -0.25) is 0 Å². The zero-order valence-electron chi connectivity index (χ0n) is 11.6. The molecule has 7 nitrogen and oxygen atoms in total. The van der Waals surface area contributed by atoms with Crippen LogP contribution >= 0.6 is 0 Å². The lowest BCUT2D eigenvalue weighted by atomic mass is 10.0.